The van der Waals surface area contributed by atoms with Gasteiger partial charge >= 0.3 is 0 Å². The molecule has 2 unspecified atom stereocenters. The van der Waals surface area contributed by atoms with Gasteiger partial charge in [-0.1, -0.05) is 0 Å². The van der Waals surface area contributed by atoms with Gasteiger partial charge in [0.25, 0.3) is 0 Å². The minimum absolute atomic E-state index is 0.125. The fraction of sp³-hybridized carbons (Fsp3) is 0.417. The second-order valence-corrected chi connectivity index (χ2v) is 3.88. The van der Waals surface area contributed by atoms with E-state index < -0.39 is 12.2 Å². The molecule has 0 bridgehead atoms. The summed E-state index contributed by atoms with van der Waals surface area (Å²) in [6, 6.07) is 5.01. The summed E-state index contributed by atoms with van der Waals surface area (Å²) >= 11 is 0. The molecule has 1 aromatic rings. The van der Waals surface area contributed by atoms with Gasteiger partial charge in [0, 0.05) is 0 Å². The third-order valence-electron chi connectivity index (χ3n) is 2.52. The van der Waals surface area contributed by atoms with Crippen molar-refractivity contribution in [1.29, 1.82) is 5.26 Å². The molecule has 0 amide bonds. The van der Waals surface area contributed by atoms with Crippen LogP contribution in [0.2, 0.25) is 0 Å². The summed E-state index contributed by atoms with van der Waals surface area (Å²) in [5, 5.41) is 37.2. The fourth-order valence-electron chi connectivity index (χ4n) is 1.59. The first-order valence-electron chi connectivity index (χ1n) is 5.00. The van der Waals surface area contributed by atoms with Crippen molar-refractivity contribution < 1.29 is 15.3 Å². The van der Waals surface area contributed by atoms with Crippen LogP contribution in [0.3, 0.4) is 0 Å². The smallest absolute Gasteiger partial charge is 0.121 e. The fourth-order valence-corrected chi connectivity index (χ4v) is 1.59. The highest BCUT2D eigenvalue weighted by Crippen LogP contribution is 2.27. The van der Waals surface area contributed by atoms with Gasteiger partial charge in [-0.05, 0) is 42.7 Å². The van der Waals surface area contributed by atoms with Crippen LogP contribution in [-0.2, 0) is 0 Å². The van der Waals surface area contributed by atoms with Crippen LogP contribution in [0.25, 0.3) is 0 Å². The summed E-state index contributed by atoms with van der Waals surface area (Å²) < 4.78 is 0. The first-order valence-corrected chi connectivity index (χ1v) is 5.00. The van der Waals surface area contributed by atoms with E-state index in [1.54, 1.807) is 32.0 Å². The third kappa shape index (κ3) is 2.51. The molecule has 1 rings (SSSR count). The van der Waals surface area contributed by atoms with Crippen LogP contribution in [0.15, 0.2) is 12.1 Å². The Balaban J connectivity index is 3.01. The van der Waals surface area contributed by atoms with E-state index in [1.165, 1.54) is 0 Å². The van der Waals surface area contributed by atoms with Gasteiger partial charge in [-0.2, -0.15) is 5.26 Å². The quantitative estimate of drug-likeness (QED) is 0.718. The zero-order valence-corrected chi connectivity index (χ0v) is 9.31. The number of nitriles is 1. The lowest BCUT2D eigenvalue weighted by Crippen LogP contribution is -2.17. The third-order valence-corrected chi connectivity index (χ3v) is 2.52. The number of aryl methyl sites for hydroxylation is 2. The molecular weight excluding hydrogens is 206 g/mol. The van der Waals surface area contributed by atoms with Crippen molar-refractivity contribution >= 4 is 0 Å². The van der Waals surface area contributed by atoms with Crippen LogP contribution in [0.5, 0.6) is 5.75 Å². The van der Waals surface area contributed by atoms with E-state index in [0.29, 0.717) is 16.7 Å². The minimum Gasteiger partial charge on any atom is -0.507 e. The van der Waals surface area contributed by atoms with Crippen molar-refractivity contribution in [1.82, 2.24) is 0 Å². The van der Waals surface area contributed by atoms with Crippen LogP contribution >= 0.6 is 0 Å². The molecule has 0 saturated carbocycles. The van der Waals surface area contributed by atoms with Crippen LogP contribution < -0.4 is 0 Å². The van der Waals surface area contributed by atoms with Gasteiger partial charge in [0.2, 0.25) is 0 Å². The zero-order valence-electron chi connectivity index (χ0n) is 9.31. The molecule has 0 aromatic heterocycles. The number of benzene rings is 1. The van der Waals surface area contributed by atoms with E-state index >= 15 is 0 Å². The molecule has 0 aliphatic carbocycles. The van der Waals surface area contributed by atoms with Crippen LogP contribution in [-0.4, -0.2) is 21.4 Å². The molecule has 4 heteroatoms. The number of hydrogen-bond donors (Lipinski definition) is 3. The Morgan fingerprint density at radius 2 is 1.75 bits per heavy atom. The van der Waals surface area contributed by atoms with E-state index in [1.807, 2.05) is 0 Å². The van der Waals surface area contributed by atoms with Crippen molar-refractivity contribution in [3.63, 3.8) is 0 Å². The number of aliphatic hydroxyl groups excluding tert-OH is 2. The summed E-state index contributed by atoms with van der Waals surface area (Å²) in [5.74, 6) is 0.186. The number of aliphatic hydroxyl groups is 2. The molecule has 0 radical (unpaired) electrons. The van der Waals surface area contributed by atoms with Crippen molar-refractivity contribution in [2.24, 2.45) is 0 Å². The number of hydrogen-bond acceptors (Lipinski definition) is 4. The van der Waals surface area contributed by atoms with E-state index in [4.69, 9.17) is 5.26 Å². The summed E-state index contributed by atoms with van der Waals surface area (Å²) in [5.41, 5.74) is 1.78. The average Bonchev–Trinajstić information content (AvgIpc) is 2.24. The van der Waals surface area contributed by atoms with Crippen molar-refractivity contribution in [2.75, 3.05) is 0 Å². The van der Waals surface area contributed by atoms with E-state index in [2.05, 4.69) is 0 Å². The highest BCUT2D eigenvalue weighted by molar-refractivity contribution is 5.43. The molecule has 16 heavy (non-hydrogen) atoms. The van der Waals surface area contributed by atoms with E-state index in [0.717, 1.165) is 0 Å². The maximum atomic E-state index is 9.78. The van der Waals surface area contributed by atoms with Gasteiger partial charge in [0.15, 0.2) is 0 Å². The molecule has 3 N–H and O–H groups in total. The number of phenolic OH excluding ortho intramolecular Hbond substituents is 1. The maximum absolute atomic E-state index is 9.78. The van der Waals surface area contributed by atoms with E-state index in [-0.39, 0.29) is 12.2 Å². The standard InChI is InChI=1S/C12H15NO3/c1-7-5-9(6-8(2)11(7)15)12(16)10(14)3-4-13/h5-6,10,12,14-16H,3H2,1-2H3. The topological polar surface area (TPSA) is 84.5 Å². The predicted octanol–water partition coefficient (Wildman–Crippen LogP) is 1.32. The summed E-state index contributed by atoms with van der Waals surface area (Å²) in [6.07, 6.45) is -2.33. The predicted molar refractivity (Wildman–Crippen MR) is 58.8 cm³/mol. The second-order valence-electron chi connectivity index (χ2n) is 3.88. The SMILES string of the molecule is Cc1cc(C(O)C(O)CC#N)cc(C)c1O. The Hall–Kier alpha value is -1.57. The Kier molecular flexibility index (Phi) is 3.88. The van der Waals surface area contributed by atoms with Gasteiger partial charge in [-0.25, -0.2) is 0 Å². The molecule has 1 aromatic carbocycles. The van der Waals surface area contributed by atoms with Gasteiger partial charge in [0.05, 0.1) is 18.6 Å². The van der Waals surface area contributed by atoms with Gasteiger partial charge in [-0.3, -0.25) is 0 Å². The molecule has 2 atom stereocenters. The lowest BCUT2D eigenvalue weighted by Gasteiger charge is -2.17. The Morgan fingerprint density at radius 3 is 2.19 bits per heavy atom. The van der Waals surface area contributed by atoms with Crippen LogP contribution in [0, 0.1) is 25.2 Å². The largest absolute Gasteiger partial charge is 0.507 e. The van der Waals surface area contributed by atoms with Gasteiger partial charge in [0.1, 0.15) is 11.9 Å². The number of phenols is 1. The average molecular weight is 221 g/mol. The molecule has 0 heterocycles. The number of nitrogens with zero attached hydrogens (tertiary/aromatic N) is 1. The summed E-state index contributed by atoms with van der Waals surface area (Å²) in [6.45, 7) is 3.43. The molecular formula is C12H15NO3. The molecule has 4 nitrogen and oxygen atoms in total. The monoisotopic (exact) mass is 221 g/mol. The van der Waals surface area contributed by atoms with Gasteiger partial charge in [-0.15, -0.1) is 0 Å². The summed E-state index contributed by atoms with van der Waals surface area (Å²) in [4.78, 5) is 0. The van der Waals surface area contributed by atoms with Crippen molar-refractivity contribution in [3.05, 3.63) is 28.8 Å². The molecule has 0 fully saturated rings. The van der Waals surface area contributed by atoms with Crippen molar-refractivity contribution in [3.8, 4) is 11.8 Å². The molecule has 86 valence electrons. The lowest BCUT2D eigenvalue weighted by atomic mass is 9.98. The highest BCUT2D eigenvalue weighted by atomic mass is 16.3. The Labute approximate surface area is 94.4 Å². The molecule has 0 aliphatic rings. The highest BCUT2D eigenvalue weighted by Gasteiger charge is 2.19. The first kappa shape index (κ1) is 12.5. The number of aromatic hydroxyl groups is 1. The summed E-state index contributed by atoms with van der Waals surface area (Å²) in [7, 11) is 0. The van der Waals surface area contributed by atoms with Crippen molar-refractivity contribution in [2.45, 2.75) is 32.5 Å². The molecule has 0 aliphatic heterocycles. The maximum Gasteiger partial charge on any atom is 0.121 e. The normalized spacial score (nSPS) is 14.2. The molecule has 0 saturated heterocycles. The van der Waals surface area contributed by atoms with E-state index in [9.17, 15) is 15.3 Å². The number of rotatable bonds is 3. The molecule has 0 spiro atoms. The van der Waals surface area contributed by atoms with Crippen LogP contribution in [0.1, 0.15) is 29.2 Å². The zero-order chi connectivity index (χ0) is 12.3. The first-order chi connectivity index (χ1) is 7.47. The minimum atomic E-state index is -1.10. The lowest BCUT2D eigenvalue weighted by molar-refractivity contribution is 0.0215. The second kappa shape index (κ2) is 4.97. The Morgan fingerprint density at radius 1 is 1.25 bits per heavy atom. The van der Waals surface area contributed by atoms with Crippen LogP contribution in [0.4, 0.5) is 0 Å². The Bertz CT molecular complexity index is 400. The van der Waals surface area contributed by atoms with Gasteiger partial charge < -0.3 is 15.3 Å².